The van der Waals surface area contributed by atoms with Crippen molar-refractivity contribution >= 4 is 46.1 Å². The third-order valence-electron chi connectivity index (χ3n) is 2.58. The topological polar surface area (TPSA) is 58.2 Å². The minimum absolute atomic E-state index is 0.395. The number of hydrogen-bond donors (Lipinski definition) is 2. The zero-order chi connectivity index (χ0) is 13.1. The first-order chi connectivity index (χ1) is 8.69. The third kappa shape index (κ3) is 2.12. The zero-order valence-electron chi connectivity index (χ0n) is 9.04. The lowest BCUT2D eigenvalue weighted by Crippen LogP contribution is -2.15. The lowest BCUT2D eigenvalue weighted by Gasteiger charge is -2.07. The Balaban J connectivity index is 2.73. The minimum Gasteiger partial charge on any atom is -0.268 e. The summed E-state index contributed by atoms with van der Waals surface area (Å²) in [5.41, 5.74) is 0.790. The quantitative estimate of drug-likeness (QED) is 0.832. The van der Waals surface area contributed by atoms with Crippen molar-refractivity contribution in [2.24, 2.45) is 0 Å². The first kappa shape index (κ1) is 12.7. The fourth-order valence-corrected chi connectivity index (χ4v) is 2.01. The largest absolute Gasteiger partial charge is 0.268 e. The molecular weight excluding hydrogens is 275 g/mol. The summed E-state index contributed by atoms with van der Waals surface area (Å²) in [5, 5.41) is 1.27. The Kier molecular flexibility index (Phi) is 3.69. The summed E-state index contributed by atoms with van der Waals surface area (Å²) < 4.78 is 0. The number of carbonyl (C=O) groups is 2. The van der Waals surface area contributed by atoms with Gasteiger partial charge in [-0.25, -0.2) is 0 Å². The molecule has 2 N–H and O–H groups in total. The molecule has 0 unspecified atom stereocenters. The molecule has 2 amide bonds. The molecule has 0 aliphatic heterocycles. The van der Waals surface area contributed by atoms with E-state index in [0.29, 0.717) is 21.9 Å². The van der Waals surface area contributed by atoms with Crippen LogP contribution in [0.4, 0.5) is 0 Å². The molecule has 0 radical (unpaired) electrons. The van der Waals surface area contributed by atoms with Crippen molar-refractivity contribution in [1.82, 2.24) is 9.67 Å². The maximum absolute atomic E-state index is 11.6. The van der Waals surface area contributed by atoms with E-state index in [4.69, 9.17) is 23.6 Å². The highest BCUT2D eigenvalue weighted by atomic mass is 35.5. The van der Waals surface area contributed by atoms with Gasteiger partial charge >= 0.3 is 0 Å². The first-order valence-corrected chi connectivity index (χ1v) is 5.78. The van der Waals surface area contributed by atoms with Gasteiger partial charge in [-0.05, 0) is 22.9 Å². The van der Waals surface area contributed by atoms with Crippen molar-refractivity contribution in [2.45, 2.75) is 0 Å². The molecule has 0 fully saturated rings. The molecule has 0 heterocycles. The van der Waals surface area contributed by atoms with Crippen molar-refractivity contribution in [3.8, 4) is 0 Å². The molecule has 0 aliphatic rings. The van der Waals surface area contributed by atoms with E-state index in [1.54, 1.807) is 36.4 Å². The van der Waals surface area contributed by atoms with Gasteiger partial charge in [-0.3, -0.25) is 19.3 Å². The number of benzene rings is 2. The molecule has 0 saturated carbocycles. The SMILES string of the molecule is O=C(NCl)c1cccc2c(C(=O)NCl)cccc12. The van der Waals surface area contributed by atoms with E-state index in [-0.39, 0.29) is 0 Å². The van der Waals surface area contributed by atoms with Gasteiger partial charge in [0.1, 0.15) is 0 Å². The molecule has 2 aromatic carbocycles. The molecule has 4 nitrogen and oxygen atoms in total. The fourth-order valence-electron chi connectivity index (χ4n) is 1.81. The summed E-state index contributed by atoms with van der Waals surface area (Å²) >= 11 is 10.6. The molecule has 0 aliphatic carbocycles. The normalized spacial score (nSPS) is 10.1. The standard InChI is InChI=1S/C12H8Cl2N2O2/c13-15-11(17)9-5-1-3-7-8(9)4-2-6-10(7)12(18)16-14/h1-6H,(H,15,17)(H,16,18). The summed E-state index contributed by atoms with van der Waals surface area (Å²) in [7, 11) is 0. The van der Waals surface area contributed by atoms with Gasteiger partial charge in [-0.2, -0.15) is 0 Å². The van der Waals surface area contributed by atoms with Crippen LogP contribution in [0.3, 0.4) is 0 Å². The summed E-state index contributed by atoms with van der Waals surface area (Å²) in [6.07, 6.45) is 0. The van der Waals surface area contributed by atoms with Gasteiger partial charge in [0, 0.05) is 34.7 Å². The van der Waals surface area contributed by atoms with Gasteiger partial charge in [0.2, 0.25) is 0 Å². The van der Waals surface area contributed by atoms with Crippen LogP contribution in [-0.4, -0.2) is 11.8 Å². The number of carbonyl (C=O) groups excluding carboxylic acids is 2. The molecule has 2 rings (SSSR count). The van der Waals surface area contributed by atoms with Crippen LogP contribution in [-0.2, 0) is 0 Å². The number of rotatable bonds is 2. The molecule has 0 bridgehead atoms. The van der Waals surface area contributed by atoms with Crippen molar-refractivity contribution in [3.05, 3.63) is 47.5 Å². The van der Waals surface area contributed by atoms with E-state index in [1.165, 1.54) is 0 Å². The Morgan fingerprint density at radius 3 is 1.50 bits per heavy atom. The Morgan fingerprint density at radius 2 is 1.17 bits per heavy atom. The predicted molar refractivity (Wildman–Crippen MR) is 70.6 cm³/mol. The first-order valence-electron chi connectivity index (χ1n) is 5.02. The van der Waals surface area contributed by atoms with Gasteiger partial charge in [-0.15, -0.1) is 0 Å². The Bertz CT molecular complexity index is 573. The van der Waals surface area contributed by atoms with Crippen molar-refractivity contribution in [2.75, 3.05) is 0 Å². The van der Waals surface area contributed by atoms with Gasteiger partial charge < -0.3 is 0 Å². The van der Waals surface area contributed by atoms with Crippen LogP contribution in [0.15, 0.2) is 36.4 Å². The molecule has 6 heteroatoms. The van der Waals surface area contributed by atoms with Crippen molar-refractivity contribution in [3.63, 3.8) is 0 Å². The van der Waals surface area contributed by atoms with Gasteiger partial charge in [0.05, 0.1) is 0 Å². The van der Waals surface area contributed by atoms with Crippen molar-refractivity contribution in [1.29, 1.82) is 0 Å². The average Bonchev–Trinajstić information content (AvgIpc) is 2.44. The number of fused-ring (bicyclic) bond motifs is 1. The van der Waals surface area contributed by atoms with E-state index in [0.717, 1.165) is 0 Å². The lowest BCUT2D eigenvalue weighted by atomic mass is 9.99. The van der Waals surface area contributed by atoms with Crippen LogP contribution in [0.25, 0.3) is 10.8 Å². The molecular formula is C12H8Cl2N2O2. The molecule has 0 saturated heterocycles. The van der Waals surface area contributed by atoms with Crippen LogP contribution in [0.1, 0.15) is 20.7 Å². The van der Waals surface area contributed by atoms with Crippen LogP contribution in [0.2, 0.25) is 0 Å². The fraction of sp³-hybridized carbons (Fsp3) is 0. The van der Waals surface area contributed by atoms with Crippen molar-refractivity contribution < 1.29 is 9.59 Å². The maximum atomic E-state index is 11.6. The smallest absolute Gasteiger partial charge is 0.266 e. The molecule has 18 heavy (non-hydrogen) atoms. The Morgan fingerprint density at radius 1 is 0.778 bits per heavy atom. The summed E-state index contributed by atoms with van der Waals surface area (Å²) in [6, 6.07) is 10.1. The summed E-state index contributed by atoms with van der Waals surface area (Å²) in [6.45, 7) is 0. The van der Waals surface area contributed by atoms with Gasteiger partial charge in [0.25, 0.3) is 11.8 Å². The number of nitrogens with one attached hydrogen (secondary N) is 2. The maximum Gasteiger partial charge on any atom is 0.266 e. The van der Waals surface area contributed by atoms with E-state index in [9.17, 15) is 9.59 Å². The second-order valence-electron chi connectivity index (χ2n) is 3.55. The number of halogens is 2. The van der Waals surface area contributed by atoms with Gasteiger partial charge in [0.15, 0.2) is 0 Å². The highest BCUT2D eigenvalue weighted by Gasteiger charge is 2.13. The van der Waals surface area contributed by atoms with Gasteiger partial charge in [-0.1, -0.05) is 24.3 Å². The van der Waals surface area contributed by atoms with Crippen LogP contribution < -0.4 is 9.67 Å². The lowest BCUT2D eigenvalue weighted by molar-refractivity contribution is 0.0973. The summed E-state index contributed by atoms with van der Waals surface area (Å²) in [5.74, 6) is -0.851. The monoisotopic (exact) mass is 282 g/mol. The van der Waals surface area contributed by atoms with E-state index in [1.807, 2.05) is 9.67 Å². The van der Waals surface area contributed by atoms with E-state index >= 15 is 0 Å². The molecule has 92 valence electrons. The second-order valence-corrected chi connectivity index (χ2v) is 3.93. The molecule has 0 aromatic heterocycles. The highest BCUT2D eigenvalue weighted by Crippen LogP contribution is 2.22. The molecule has 0 atom stereocenters. The van der Waals surface area contributed by atoms with E-state index < -0.39 is 11.8 Å². The highest BCUT2D eigenvalue weighted by molar-refractivity contribution is 6.28. The molecule has 2 aromatic rings. The average molecular weight is 283 g/mol. The predicted octanol–water partition coefficient (Wildman–Crippen LogP) is 2.61. The van der Waals surface area contributed by atoms with Crippen LogP contribution >= 0.6 is 23.6 Å². The number of hydrogen-bond acceptors (Lipinski definition) is 2. The number of amides is 2. The van der Waals surface area contributed by atoms with Crippen LogP contribution in [0.5, 0.6) is 0 Å². The Hall–Kier alpha value is -1.78. The Labute approximate surface area is 113 Å². The zero-order valence-corrected chi connectivity index (χ0v) is 10.5. The second kappa shape index (κ2) is 5.25. The minimum atomic E-state index is -0.425. The van der Waals surface area contributed by atoms with E-state index in [2.05, 4.69) is 0 Å². The summed E-state index contributed by atoms with van der Waals surface area (Å²) in [4.78, 5) is 27.3. The molecule has 0 spiro atoms. The van der Waals surface area contributed by atoms with Crippen LogP contribution in [0, 0.1) is 0 Å². The third-order valence-corrected chi connectivity index (χ3v) is 2.93.